The number of hydrogen-bond donors (Lipinski definition) is 0. The Morgan fingerprint density at radius 2 is 2.36 bits per heavy atom. The molecule has 1 saturated heterocycles. The van der Waals surface area contributed by atoms with Crippen molar-refractivity contribution in [3.8, 4) is 0 Å². The summed E-state index contributed by atoms with van der Waals surface area (Å²) in [5.41, 5.74) is -0.637. The SMILES string of the molecule is CCC1(/C=C/[N+](=O)[O-])CCN(C)C1=O. The molecule has 0 aliphatic carbocycles. The Kier molecular flexibility index (Phi) is 2.88. The van der Waals surface area contributed by atoms with Crippen LogP contribution in [0.1, 0.15) is 19.8 Å². The zero-order valence-electron chi connectivity index (χ0n) is 8.40. The van der Waals surface area contributed by atoms with Gasteiger partial charge in [0.25, 0.3) is 0 Å². The van der Waals surface area contributed by atoms with E-state index >= 15 is 0 Å². The minimum absolute atomic E-state index is 0.0156. The Labute approximate surface area is 82.5 Å². The fourth-order valence-electron chi connectivity index (χ4n) is 1.76. The molecule has 1 heterocycles. The summed E-state index contributed by atoms with van der Waals surface area (Å²) in [7, 11) is 1.72. The van der Waals surface area contributed by atoms with Crippen molar-refractivity contribution in [2.24, 2.45) is 5.41 Å². The molecule has 1 atom stereocenters. The van der Waals surface area contributed by atoms with E-state index in [0.717, 1.165) is 6.20 Å². The quantitative estimate of drug-likeness (QED) is 0.502. The van der Waals surface area contributed by atoms with E-state index in [4.69, 9.17) is 0 Å². The highest BCUT2D eigenvalue weighted by Crippen LogP contribution is 2.35. The van der Waals surface area contributed by atoms with Crippen LogP contribution in [-0.4, -0.2) is 29.3 Å². The number of nitro groups is 1. The lowest BCUT2D eigenvalue weighted by molar-refractivity contribution is -0.403. The molecular weight excluding hydrogens is 184 g/mol. The van der Waals surface area contributed by atoms with Gasteiger partial charge in [-0.25, -0.2) is 0 Å². The second-order valence-electron chi connectivity index (χ2n) is 3.59. The van der Waals surface area contributed by atoms with E-state index in [-0.39, 0.29) is 5.91 Å². The second kappa shape index (κ2) is 3.77. The topological polar surface area (TPSA) is 63.5 Å². The van der Waals surface area contributed by atoms with Gasteiger partial charge in [-0.15, -0.1) is 0 Å². The van der Waals surface area contributed by atoms with Crippen molar-refractivity contribution in [2.45, 2.75) is 19.8 Å². The van der Waals surface area contributed by atoms with Gasteiger partial charge in [0.05, 0.1) is 10.3 Å². The van der Waals surface area contributed by atoms with E-state index in [1.807, 2.05) is 6.92 Å². The molecule has 0 aromatic carbocycles. The Morgan fingerprint density at radius 1 is 1.71 bits per heavy atom. The number of nitrogens with zero attached hydrogens (tertiary/aromatic N) is 2. The highest BCUT2D eigenvalue weighted by atomic mass is 16.6. The zero-order valence-corrected chi connectivity index (χ0v) is 8.40. The van der Waals surface area contributed by atoms with Crippen LogP contribution in [0.2, 0.25) is 0 Å². The van der Waals surface area contributed by atoms with Crippen molar-refractivity contribution in [3.05, 3.63) is 22.4 Å². The van der Waals surface area contributed by atoms with Crippen LogP contribution in [0.15, 0.2) is 12.3 Å². The van der Waals surface area contributed by atoms with Gasteiger partial charge in [-0.05, 0) is 12.8 Å². The number of likely N-dealkylation sites (tertiary alicyclic amines) is 1. The van der Waals surface area contributed by atoms with Crippen LogP contribution in [0.5, 0.6) is 0 Å². The fourth-order valence-corrected chi connectivity index (χ4v) is 1.76. The van der Waals surface area contributed by atoms with Crippen molar-refractivity contribution in [3.63, 3.8) is 0 Å². The molecule has 0 bridgehead atoms. The lowest BCUT2D eigenvalue weighted by atomic mass is 9.83. The van der Waals surface area contributed by atoms with E-state index in [1.165, 1.54) is 6.08 Å². The normalized spacial score (nSPS) is 27.6. The van der Waals surface area contributed by atoms with Gasteiger partial charge < -0.3 is 4.90 Å². The van der Waals surface area contributed by atoms with Crippen molar-refractivity contribution < 1.29 is 9.72 Å². The highest BCUT2D eigenvalue weighted by Gasteiger charge is 2.42. The maximum absolute atomic E-state index is 11.7. The average molecular weight is 198 g/mol. The predicted molar refractivity (Wildman–Crippen MR) is 51.1 cm³/mol. The molecule has 0 saturated carbocycles. The Balaban J connectivity index is 2.88. The molecule has 1 unspecified atom stereocenters. The maximum atomic E-state index is 11.7. The minimum atomic E-state index is -0.637. The van der Waals surface area contributed by atoms with Crippen LogP contribution >= 0.6 is 0 Å². The first-order valence-electron chi connectivity index (χ1n) is 4.60. The van der Waals surface area contributed by atoms with Gasteiger partial charge in [0.15, 0.2) is 0 Å². The minimum Gasteiger partial charge on any atom is -0.345 e. The van der Waals surface area contributed by atoms with Gasteiger partial charge in [-0.1, -0.05) is 6.92 Å². The molecule has 1 aliphatic heterocycles. The summed E-state index contributed by atoms with van der Waals surface area (Å²) >= 11 is 0. The molecule has 1 fully saturated rings. The monoisotopic (exact) mass is 198 g/mol. The van der Waals surface area contributed by atoms with Gasteiger partial charge in [-0.2, -0.15) is 0 Å². The molecule has 5 heteroatoms. The van der Waals surface area contributed by atoms with Gasteiger partial charge in [0, 0.05) is 19.7 Å². The first-order valence-corrected chi connectivity index (χ1v) is 4.60. The van der Waals surface area contributed by atoms with Crippen molar-refractivity contribution >= 4 is 5.91 Å². The predicted octanol–water partition coefficient (Wildman–Crippen LogP) is 1.04. The summed E-state index contributed by atoms with van der Waals surface area (Å²) in [6.07, 6.45) is 3.59. The summed E-state index contributed by atoms with van der Waals surface area (Å²) < 4.78 is 0. The summed E-state index contributed by atoms with van der Waals surface area (Å²) in [4.78, 5) is 23.0. The van der Waals surface area contributed by atoms with E-state index < -0.39 is 10.3 Å². The standard InChI is InChI=1S/C9H14N2O3/c1-3-9(5-7-11(13)14)4-6-10(2)8(9)12/h5,7H,3-4,6H2,1-2H3/b7-5+. The molecule has 1 aliphatic rings. The van der Waals surface area contributed by atoms with Crippen LogP contribution in [0.3, 0.4) is 0 Å². The van der Waals surface area contributed by atoms with Crippen LogP contribution in [0.4, 0.5) is 0 Å². The smallest absolute Gasteiger partial charge is 0.232 e. The molecule has 0 aromatic heterocycles. The Hall–Kier alpha value is -1.39. The number of amides is 1. The van der Waals surface area contributed by atoms with Gasteiger partial charge in [-0.3, -0.25) is 14.9 Å². The molecular formula is C9H14N2O3. The summed E-state index contributed by atoms with van der Waals surface area (Å²) in [5, 5.41) is 10.2. The molecule has 0 N–H and O–H groups in total. The van der Waals surface area contributed by atoms with E-state index in [0.29, 0.717) is 19.4 Å². The van der Waals surface area contributed by atoms with E-state index in [1.54, 1.807) is 11.9 Å². The number of carbonyl (C=O) groups excluding carboxylic acids is 1. The first-order chi connectivity index (χ1) is 6.52. The van der Waals surface area contributed by atoms with Gasteiger partial charge in [0.2, 0.25) is 12.1 Å². The van der Waals surface area contributed by atoms with E-state index in [9.17, 15) is 14.9 Å². The fraction of sp³-hybridized carbons (Fsp3) is 0.667. The van der Waals surface area contributed by atoms with Crippen molar-refractivity contribution in [1.29, 1.82) is 0 Å². The van der Waals surface area contributed by atoms with Crippen LogP contribution < -0.4 is 0 Å². The lowest BCUT2D eigenvalue weighted by Gasteiger charge is -2.19. The molecule has 1 amide bonds. The molecule has 0 radical (unpaired) electrons. The Morgan fingerprint density at radius 3 is 2.71 bits per heavy atom. The van der Waals surface area contributed by atoms with Gasteiger partial charge >= 0.3 is 0 Å². The molecule has 5 nitrogen and oxygen atoms in total. The van der Waals surface area contributed by atoms with Crippen LogP contribution in [0.25, 0.3) is 0 Å². The Bertz CT molecular complexity index is 288. The van der Waals surface area contributed by atoms with Crippen molar-refractivity contribution in [2.75, 3.05) is 13.6 Å². The van der Waals surface area contributed by atoms with Crippen molar-refractivity contribution in [1.82, 2.24) is 4.90 Å². The summed E-state index contributed by atoms with van der Waals surface area (Å²) in [5.74, 6) is -0.0156. The van der Waals surface area contributed by atoms with E-state index in [2.05, 4.69) is 0 Å². The second-order valence-corrected chi connectivity index (χ2v) is 3.59. The lowest BCUT2D eigenvalue weighted by Crippen LogP contribution is -2.30. The molecule has 0 spiro atoms. The third kappa shape index (κ3) is 1.76. The first kappa shape index (κ1) is 10.7. The third-order valence-electron chi connectivity index (χ3n) is 2.81. The summed E-state index contributed by atoms with van der Waals surface area (Å²) in [6.45, 7) is 2.55. The number of carbonyl (C=O) groups is 1. The zero-order chi connectivity index (χ0) is 10.8. The summed E-state index contributed by atoms with van der Waals surface area (Å²) in [6, 6.07) is 0. The molecule has 0 aromatic rings. The molecule has 78 valence electrons. The van der Waals surface area contributed by atoms with Crippen LogP contribution in [0, 0.1) is 15.5 Å². The molecule has 14 heavy (non-hydrogen) atoms. The number of rotatable bonds is 3. The third-order valence-corrected chi connectivity index (χ3v) is 2.81. The largest absolute Gasteiger partial charge is 0.345 e. The van der Waals surface area contributed by atoms with Gasteiger partial charge in [0.1, 0.15) is 0 Å². The average Bonchev–Trinajstić information content (AvgIpc) is 2.43. The highest BCUT2D eigenvalue weighted by molar-refractivity contribution is 5.86. The van der Waals surface area contributed by atoms with Crippen LogP contribution in [-0.2, 0) is 4.79 Å². The maximum Gasteiger partial charge on any atom is 0.232 e. The molecule has 1 rings (SSSR count). The number of hydrogen-bond acceptors (Lipinski definition) is 3.